The normalized spacial score (nSPS) is 15.0. The third-order valence-corrected chi connectivity index (χ3v) is 5.07. The van der Waals surface area contributed by atoms with E-state index in [-0.39, 0.29) is 10.8 Å². The maximum atomic E-state index is 13.6. The number of nitrogens with zero attached hydrogens (tertiary/aromatic N) is 2. The van der Waals surface area contributed by atoms with Crippen molar-refractivity contribution in [3.05, 3.63) is 69.3 Å². The van der Waals surface area contributed by atoms with Crippen LogP contribution in [0.5, 0.6) is 0 Å². The average Bonchev–Trinajstić information content (AvgIpc) is 3.33. The molecular formula is C18H13ClF2N2S. The van der Waals surface area contributed by atoms with Gasteiger partial charge in [-0.2, -0.15) is 0 Å². The molecule has 0 N–H and O–H groups in total. The summed E-state index contributed by atoms with van der Waals surface area (Å²) in [5.74, 6) is -0.736. The van der Waals surface area contributed by atoms with Crippen LogP contribution in [0.25, 0.3) is 11.3 Å². The SMILES string of the molecule is Fc1ccc(-c2csc(=Nc3ccc(Cl)c(F)c3)n2C2CC2)cc1. The zero-order valence-corrected chi connectivity index (χ0v) is 14.1. The Morgan fingerprint density at radius 2 is 1.83 bits per heavy atom. The van der Waals surface area contributed by atoms with Gasteiger partial charge in [0.25, 0.3) is 0 Å². The van der Waals surface area contributed by atoms with E-state index in [0.717, 1.165) is 28.9 Å². The van der Waals surface area contributed by atoms with Gasteiger partial charge in [-0.25, -0.2) is 13.8 Å². The Morgan fingerprint density at radius 1 is 1.08 bits per heavy atom. The highest BCUT2D eigenvalue weighted by atomic mass is 35.5. The Bertz CT molecular complexity index is 956. The summed E-state index contributed by atoms with van der Waals surface area (Å²) in [4.78, 5) is 5.38. The molecule has 122 valence electrons. The van der Waals surface area contributed by atoms with Crippen molar-refractivity contribution in [2.45, 2.75) is 18.9 Å². The standard InChI is InChI=1S/C18H13ClF2N2S/c19-15-8-5-13(9-16(15)21)22-18-23(14-6-7-14)17(10-24-18)11-1-3-12(20)4-2-11/h1-5,8-10,14H,6-7H2. The summed E-state index contributed by atoms with van der Waals surface area (Å²) in [7, 11) is 0. The molecule has 4 rings (SSSR count). The van der Waals surface area contributed by atoms with Crippen LogP contribution in [0.4, 0.5) is 14.5 Å². The zero-order valence-electron chi connectivity index (χ0n) is 12.5. The highest BCUT2D eigenvalue weighted by Crippen LogP contribution is 2.38. The Kier molecular flexibility index (Phi) is 3.98. The first-order chi connectivity index (χ1) is 11.6. The zero-order chi connectivity index (χ0) is 16.7. The second kappa shape index (κ2) is 6.15. The summed E-state index contributed by atoms with van der Waals surface area (Å²) in [6.45, 7) is 0. The molecule has 0 aliphatic heterocycles. The van der Waals surface area contributed by atoms with E-state index in [2.05, 4.69) is 9.56 Å². The molecule has 1 saturated carbocycles. The van der Waals surface area contributed by atoms with Gasteiger partial charge in [0.05, 0.1) is 16.4 Å². The Hall–Kier alpha value is -1.98. The average molecular weight is 363 g/mol. The third kappa shape index (κ3) is 3.01. The number of benzene rings is 2. The molecule has 0 atom stereocenters. The first-order valence-corrected chi connectivity index (χ1v) is 8.83. The monoisotopic (exact) mass is 362 g/mol. The number of hydrogen-bond donors (Lipinski definition) is 0. The quantitative estimate of drug-likeness (QED) is 0.567. The predicted molar refractivity (Wildman–Crippen MR) is 92.6 cm³/mol. The van der Waals surface area contributed by atoms with Crippen molar-refractivity contribution in [2.75, 3.05) is 0 Å². The van der Waals surface area contributed by atoms with E-state index in [1.807, 2.05) is 5.38 Å². The smallest absolute Gasteiger partial charge is 0.190 e. The van der Waals surface area contributed by atoms with Gasteiger partial charge in [0.1, 0.15) is 11.6 Å². The second-order valence-electron chi connectivity index (χ2n) is 5.72. The summed E-state index contributed by atoms with van der Waals surface area (Å²) in [5.41, 5.74) is 2.48. The van der Waals surface area contributed by atoms with Crippen LogP contribution in [0.1, 0.15) is 18.9 Å². The molecule has 1 heterocycles. The van der Waals surface area contributed by atoms with Crippen molar-refractivity contribution in [1.82, 2.24) is 4.57 Å². The summed E-state index contributed by atoms with van der Waals surface area (Å²) >= 11 is 7.22. The molecule has 0 radical (unpaired) electrons. The molecule has 0 amide bonds. The van der Waals surface area contributed by atoms with E-state index in [9.17, 15) is 8.78 Å². The molecule has 1 fully saturated rings. The Labute approximate surface area is 146 Å². The van der Waals surface area contributed by atoms with Crippen LogP contribution in [0.2, 0.25) is 5.02 Å². The van der Waals surface area contributed by atoms with E-state index in [0.29, 0.717) is 11.7 Å². The summed E-state index contributed by atoms with van der Waals surface area (Å²) in [5, 5.41) is 2.10. The Morgan fingerprint density at radius 3 is 2.50 bits per heavy atom. The molecule has 0 bridgehead atoms. The minimum absolute atomic E-state index is 0.0854. The van der Waals surface area contributed by atoms with Crippen LogP contribution in [0, 0.1) is 11.6 Å². The lowest BCUT2D eigenvalue weighted by Gasteiger charge is -2.07. The maximum Gasteiger partial charge on any atom is 0.190 e. The number of rotatable bonds is 3. The van der Waals surface area contributed by atoms with Gasteiger partial charge >= 0.3 is 0 Å². The minimum atomic E-state index is -0.480. The van der Waals surface area contributed by atoms with Crippen LogP contribution < -0.4 is 4.80 Å². The van der Waals surface area contributed by atoms with Crippen LogP contribution in [0.3, 0.4) is 0 Å². The molecule has 0 unspecified atom stereocenters. The highest BCUT2D eigenvalue weighted by Gasteiger charge is 2.27. The van der Waals surface area contributed by atoms with Crippen LogP contribution in [-0.2, 0) is 0 Å². The molecule has 1 aromatic heterocycles. The largest absolute Gasteiger partial charge is 0.313 e. The van der Waals surface area contributed by atoms with Crippen molar-refractivity contribution in [2.24, 2.45) is 4.99 Å². The Balaban J connectivity index is 1.83. The number of hydrogen-bond acceptors (Lipinski definition) is 2. The first kappa shape index (κ1) is 15.5. The molecule has 0 saturated heterocycles. The van der Waals surface area contributed by atoms with E-state index < -0.39 is 5.82 Å². The maximum absolute atomic E-state index is 13.6. The highest BCUT2D eigenvalue weighted by molar-refractivity contribution is 7.07. The molecule has 1 aliphatic rings. The fourth-order valence-corrected chi connectivity index (χ4v) is 3.69. The van der Waals surface area contributed by atoms with E-state index >= 15 is 0 Å². The number of aromatic nitrogens is 1. The van der Waals surface area contributed by atoms with Gasteiger partial charge in [-0.15, -0.1) is 11.3 Å². The molecule has 3 aromatic rings. The van der Waals surface area contributed by atoms with Gasteiger partial charge in [-0.05, 0) is 54.8 Å². The number of thiazole rings is 1. The van der Waals surface area contributed by atoms with E-state index in [1.54, 1.807) is 18.2 Å². The van der Waals surface area contributed by atoms with Gasteiger partial charge in [-0.3, -0.25) is 0 Å². The third-order valence-electron chi connectivity index (χ3n) is 3.92. The van der Waals surface area contributed by atoms with Crippen molar-refractivity contribution < 1.29 is 8.78 Å². The molecule has 1 aliphatic carbocycles. The van der Waals surface area contributed by atoms with Gasteiger partial charge in [0.2, 0.25) is 0 Å². The molecule has 24 heavy (non-hydrogen) atoms. The van der Waals surface area contributed by atoms with Gasteiger partial charge in [0, 0.05) is 17.5 Å². The summed E-state index contributed by atoms with van der Waals surface area (Å²) in [6, 6.07) is 11.4. The lowest BCUT2D eigenvalue weighted by Crippen LogP contribution is -2.14. The molecule has 2 nitrogen and oxygen atoms in total. The van der Waals surface area contributed by atoms with Gasteiger partial charge in [0.15, 0.2) is 4.80 Å². The fourth-order valence-electron chi connectivity index (χ4n) is 2.58. The minimum Gasteiger partial charge on any atom is -0.313 e. The summed E-state index contributed by atoms with van der Waals surface area (Å²) < 4.78 is 29.0. The molecule has 2 aromatic carbocycles. The van der Waals surface area contributed by atoms with Crippen molar-refractivity contribution in [1.29, 1.82) is 0 Å². The summed E-state index contributed by atoms with van der Waals surface area (Å²) in [6.07, 6.45) is 2.18. The first-order valence-electron chi connectivity index (χ1n) is 7.57. The van der Waals surface area contributed by atoms with Crippen molar-refractivity contribution >= 4 is 28.6 Å². The number of halogens is 3. The molecular weight excluding hydrogens is 350 g/mol. The fraction of sp³-hybridized carbons (Fsp3) is 0.167. The van der Waals surface area contributed by atoms with Gasteiger partial charge in [-0.1, -0.05) is 11.6 Å². The predicted octanol–water partition coefficient (Wildman–Crippen LogP) is 5.72. The van der Waals surface area contributed by atoms with Crippen LogP contribution in [-0.4, -0.2) is 4.57 Å². The van der Waals surface area contributed by atoms with Crippen LogP contribution in [0.15, 0.2) is 52.8 Å². The lowest BCUT2D eigenvalue weighted by molar-refractivity contribution is 0.628. The molecule has 6 heteroatoms. The van der Waals surface area contributed by atoms with Crippen molar-refractivity contribution in [3.8, 4) is 11.3 Å². The van der Waals surface area contributed by atoms with Crippen molar-refractivity contribution in [3.63, 3.8) is 0 Å². The van der Waals surface area contributed by atoms with E-state index in [1.165, 1.54) is 35.6 Å². The van der Waals surface area contributed by atoms with Crippen LogP contribution >= 0.6 is 22.9 Å². The lowest BCUT2D eigenvalue weighted by atomic mass is 10.1. The second-order valence-corrected chi connectivity index (χ2v) is 6.97. The van der Waals surface area contributed by atoms with Gasteiger partial charge < -0.3 is 4.57 Å². The topological polar surface area (TPSA) is 17.3 Å². The van der Waals surface area contributed by atoms with E-state index in [4.69, 9.17) is 11.6 Å². The molecule has 0 spiro atoms.